The number of aliphatic hydroxyl groups excluding tert-OH is 1. The first kappa shape index (κ1) is 22.0. The molecule has 0 heterocycles. The van der Waals surface area contributed by atoms with Crippen molar-refractivity contribution in [3.63, 3.8) is 0 Å². The minimum atomic E-state index is -3.92. The number of nitrogens with zero attached hydrogens (tertiary/aromatic N) is 2. The summed E-state index contributed by atoms with van der Waals surface area (Å²) in [6.45, 7) is 4.14. The van der Waals surface area contributed by atoms with Crippen LogP contribution in [0.25, 0.3) is 0 Å². The molecule has 2 rings (SSSR count). The second kappa shape index (κ2) is 9.77. The van der Waals surface area contributed by atoms with Gasteiger partial charge in [0.15, 0.2) is 0 Å². The largest absolute Gasteiger partial charge is 0.386 e. The molecule has 0 aliphatic carbocycles. The molecule has 151 valence electrons. The normalized spacial score (nSPS) is 12.1. The summed E-state index contributed by atoms with van der Waals surface area (Å²) in [5, 5.41) is 21.2. The number of sulfonamides is 1. The lowest BCUT2D eigenvalue weighted by molar-refractivity contribution is -0.385. The summed E-state index contributed by atoms with van der Waals surface area (Å²) >= 11 is 0. The molecule has 0 saturated heterocycles. The van der Waals surface area contributed by atoms with Crippen LogP contribution in [-0.4, -0.2) is 35.8 Å². The molecular weight excluding hydrogens is 380 g/mol. The molecule has 2 aromatic rings. The van der Waals surface area contributed by atoms with Crippen molar-refractivity contribution in [2.75, 3.05) is 13.1 Å². The lowest BCUT2D eigenvalue weighted by atomic mass is 10.1. The van der Waals surface area contributed by atoms with E-state index in [9.17, 15) is 23.6 Å². The van der Waals surface area contributed by atoms with Crippen molar-refractivity contribution in [2.24, 2.45) is 5.92 Å². The van der Waals surface area contributed by atoms with E-state index in [4.69, 9.17) is 0 Å². The van der Waals surface area contributed by atoms with Crippen molar-refractivity contribution in [3.8, 4) is 0 Å². The average molecular weight is 405 g/mol. The van der Waals surface area contributed by atoms with Crippen molar-refractivity contribution in [1.82, 2.24) is 4.31 Å². The molecule has 0 aliphatic heterocycles. The van der Waals surface area contributed by atoms with Crippen LogP contribution in [0.5, 0.6) is 0 Å². The highest BCUT2D eigenvalue weighted by Gasteiger charge is 2.27. The Kier molecular flexibility index (Phi) is 7.68. The van der Waals surface area contributed by atoms with E-state index >= 15 is 0 Å². The zero-order valence-corrected chi connectivity index (χ0v) is 16.8. The van der Waals surface area contributed by atoms with Gasteiger partial charge in [-0.1, -0.05) is 50.2 Å². The Morgan fingerprint density at radius 3 is 2.43 bits per heavy atom. The van der Waals surface area contributed by atoms with Gasteiger partial charge in [0, 0.05) is 31.6 Å². The summed E-state index contributed by atoms with van der Waals surface area (Å²) < 4.78 is 27.3. The maximum absolute atomic E-state index is 13.0. The highest BCUT2D eigenvalue weighted by atomic mass is 32.2. The topological polar surface area (TPSA) is 101 Å². The zero-order chi connectivity index (χ0) is 20.7. The third-order valence-electron chi connectivity index (χ3n) is 4.14. The molecule has 0 atom stereocenters. The number of hydrogen-bond acceptors (Lipinski definition) is 5. The van der Waals surface area contributed by atoms with E-state index in [0.29, 0.717) is 6.42 Å². The van der Waals surface area contributed by atoms with Gasteiger partial charge in [0.25, 0.3) is 5.69 Å². The van der Waals surface area contributed by atoms with Gasteiger partial charge in [0.1, 0.15) is 0 Å². The Morgan fingerprint density at radius 2 is 1.82 bits per heavy atom. The fourth-order valence-electron chi connectivity index (χ4n) is 2.80. The van der Waals surface area contributed by atoms with E-state index in [1.54, 1.807) is 0 Å². The molecule has 1 N–H and O–H groups in total. The van der Waals surface area contributed by atoms with Crippen LogP contribution in [0.15, 0.2) is 59.5 Å². The Hall–Kier alpha value is -2.29. The molecule has 0 unspecified atom stereocenters. The molecule has 7 nitrogen and oxygen atoms in total. The summed E-state index contributed by atoms with van der Waals surface area (Å²) in [5.41, 5.74) is 0.668. The number of aliphatic hydroxyl groups is 1. The first-order valence-electron chi connectivity index (χ1n) is 9.02. The van der Waals surface area contributed by atoms with Crippen molar-refractivity contribution < 1.29 is 18.4 Å². The van der Waals surface area contributed by atoms with E-state index in [0.717, 1.165) is 11.6 Å². The van der Waals surface area contributed by atoms with Crippen LogP contribution >= 0.6 is 0 Å². The number of rotatable bonds is 10. The number of non-ortho nitro benzene ring substituents is 1. The molecule has 28 heavy (non-hydrogen) atoms. The van der Waals surface area contributed by atoms with Gasteiger partial charge in [-0.15, -0.1) is 0 Å². The second-order valence-corrected chi connectivity index (χ2v) is 8.93. The highest BCUT2D eigenvalue weighted by molar-refractivity contribution is 7.89. The molecule has 2 aromatic carbocycles. The number of nitro groups is 1. The Bertz CT molecular complexity index is 884. The van der Waals surface area contributed by atoms with Gasteiger partial charge >= 0.3 is 0 Å². The number of benzene rings is 2. The van der Waals surface area contributed by atoms with Gasteiger partial charge in [-0.2, -0.15) is 4.31 Å². The quantitative estimate of drug-likeness (QED) is 0.479. The fraction of sp³-hybridized carbons (Fsp3) is 0.350. The lowest BCUT2D eigenvalue weighted by Crippen LogP contribution is -2.35. The minimum Gasteiger partial charge on any atom is -0.386 e. The van der Waals surface area contributed by atoms with Crippen LogP contribution in [0.1, 0.15) is 25.8 Å². The molecule has 1 radical (unpaired) electrons. The fourth-order valence-corrected chi connectivity index (χ4v) is 4.44. The molecule has 0 spiro atoms. The molecule has 0 aliphatic rings. The monoisotopic (exact) mass is 405 g/mol. The first-order chi connectivity index (χ1) is 13.2. The van der Waals surface area contributed by atoms with Gasteiger partial charge in [-0.25, -0.2) is 8.42 Å². The molecule has 0 saturated carbocycles. The molecule has 0 fully saturated rings. The van der Waals surface area contributed by atoms with Gasteiger partial charge in [-0.05, 0) is 24.0 Å². The van der Waals surface area contributed by atoms with Crippen LogP contribution in [0, 0.1) is 22.1 Å². The summed E-state index contributed by atoms with van der Waals surface area (Å²) in [5.74, 6) is 0.0599. The van der Waals surface area contributed by atoms with Crippen LogP contribution < -0.4 is 0 Å². The van der Waals surface area contributed by atoms with Gasteiger partial charge in [0.05, 0.1) is 15.9 Å². The SMILES string of the molecule is CC(C)CN(CC[C](O)Cc1ccccc1)S(=O)(=O)c1cccc([N+](=O)[O-])c1. The Labute approximate surface area is 165 Å². The van der Waals surface area contributed by atoms with Crippen LogP contribution in [0.4, 0.5) is 5.69 Å². The van der Waals surface area contributed by atoms with Crippen molar-refractivity contribution in [1.29, 1.82) is 0 Å². The summed E-state index contributed by atoms with van der Waals surface area (Å²) in [6.07, 6.45) is 0.734. The maximum Gasteiger partial charge on any atom is 0.270 e. The third-order valence-corrected chi connectivity index (χ3v) is 6.00. The van der Waals surface area contributed by atoms with Gasteiger partial charge < -0.3 is 5.11 Å². The van der Waals surface area contributed by atoms with Crippen LogP contribution in [-0.2, 0) is 16.4 Å². The third kappa shape index (κ3) is 6.12. The molecular formula is C20H25N2O5S. The minimum absolute atomic E-state index is 0.0599. The maximum atomic E-state index is 13.0. The van der Waals surface area contributed by atoms with Gasteiger partial charge in [-0.3, -0.25) is 10.1 Å². The standard InChI is InChI=1S/C20H25N2O5S/c1-16(2)15-21(12-11-19(23)13-17-7-4-3-5-8-17)28(26,27)20-10-6-9-18(14-20)22(24)25/h3-10,14,16,23H,11-13,15H2,1-2H3. The summed E-state index contributed by atoms with van der Waals surface area (Å²) in [4.78, 5) is 10.2. The van der Waals surface area contributed by atoms with Crippen LogP contribution in [0.3, 0.4) is 0 Å². The highest BCUT2D eigenvalue weighted by Crippen LogP contribution is 2.23. The Balaban J connectivity index is 2.15. The van der Waals surface area contributed by atoms with E-state index in [1.807, 2.05) is 44.2 Å². The van der Waals surface area contributed by atoms with E-state index < -0.39 is 14.9 Å². The summed E-state index contributed by atoms with van der Waals surface area (Å²) in [7, 11) is -3.92. The van der Waals surface area contributed by atoms with Crippen LogP contribution in [0.2, 0.25) is 0 Å². The molecule has 0 amide bonds. The number of hydrogen-bond donors (Lipinski definition) is 1. The molecule has 8 heteroatoms. The lowest BCUT2D eigenvalue weighted by Gasteiger charge is -2.25. The van der Waals surface area contributed by atoms with Crippen molar-refractivity contribution in [2.45, 2.75) is 31.6 Å². The molecule has 0 aromatic heterocycles. The first-order valence-corrected chi connectivity index (χ1v) is 10.5. The zero-order valence-electron chi connectivity index (χ0n) is 16.0. The van der Waals surface area contributed by atoms with E-state index in [1.165, 1.54) is 22.5 Å². The summed E-state index contributed by atoms with van der Waals surface area (Å²) in [6, 6.07) is 14.4. The van der Waals surface area contributed by atoms with Crippen molar-refractivity contribution >= 4 is 15.7 Å². The van der Waals surface area contributed by atoms with E-state index in [2.05, 4.69) is 0 Å². The van der Waals surface area contributed by atoms with Gasteiger partial charge in [0.2, 0.25) is 10.0 Å². The second-order valence-electron chi connectivity index (χ2n) is 6.99. The smallest absolute Gasteiger partial charge is 0.270 e. The predicted molar refractivity (Wildman–Crippen MR) is 107 cm³/mol. The van der Waals surface area contributed by atoms with E-state index in [-0.39, 0.29) is 42.1 Å². The molecule has 0 bridgehead atoms. The van der Waals surface area contributed by atoms with Crippen molar-refractivity contribution in [3.05, 3.63) is 76.4 Å². The predicted octanol–water partition coefficient (Wildman–Crippen LogP) is 3.78. The Morgan fingerprint density at radius 1 is 1.14 bits per heavy atom. The average Bonchev–Trinajstić information content (AvgIpc) is 2.65. The number of nitro benzene ring substituents is 1.